The first-order valence-corrected chi connectivity index (χ1v) is 33.4. The molecule has 23 nitrogen and oxygen atoms in total. The number of ether oxygens (including phenoxy) is 2. The van der Waals surface area contributed by atoms with Gasteiger partial charge in [-0.05, 0) is 139 Å². The van der Waals surface area contributed by atoms with E-state index in [1.54, 1.807) is 51.4 Å². The predicted molar refractivity (Wildman–Crippen MR) is 356 cm³/mol. The summed E-state index contributed by atoms with van der Waals surface area (Å²) in [5, 5.41) is 24.5. The van der Waals surface area contributed by atoms with Gasteiger partial charge in [0.15, 0.2) is 16.6 Å². The molecular formula is C71H83N11O12S. The topological polar surface area (TPSA) is 308 Å². The zero-order valence-corrected chi connectivity index (χ0v) is 55.5. The summed E-state index contributed by atoms with van der Waals surface area (Å²) < 4.78 is 15.8. The monoisotopic (exact) mass is 1310 g/mol. The van der Waals surface area contributed by atoms with Crippen molar-refractivity contribution in [2.75, 3.05) is 50.1 Å². The summed E-state index contributed by atoms with van der Waals surface area (Å²) in [6.45, 7) is 12.5. The Balaban J connectivity index is 0.678. The van der Waals surface area contributed by atoms with Crippen LogP contribution in [0.15, 0.2) is 97.2 Å². The molecule has 24 heteroatoms. The standard InChI is InChI=1S/C71H83N11O12S/c1-43(2)51(32-48(83)25-28-81-59(85)22-23-60(81)86)63(88)75-54(14-10-26-73-65(72)91)56(84)31-45-16-18-46(19-17-45)35-93-67(92)79(6)29-30-94-71-39-68(4)36-69(5,40-71)38-70(37-68,41-71)42-82-44(3)52(33-74-82)49-20-21-58(77-61(49)64(89)90)80-27-24-47-11-9-12-50(53(47)34-80)62(87)78-66-76-55-13-7-8-15-57(55)95-66/h7-9,11-13,15-23,33,43,51,54H,10,14,24-32,34-42H2,1-6H3,(H,75,88)(H,89,90)(H3,72,73,91)(H,76,78,87)/t51-,54-,68?,69?,70?,71?/m0/s1. The number of carbonyl (C=O) groups excluding carboxylic acids is 8. The van der Waals surface area contributed by atoms with E-state index in [2.05, 4.69) is 34.8 Å². The summed E-state index contributed by atoms with van der Waals surface area (Å²) in [5.74, 6) is -4.07. The lowest BCUT2D eigenvalue weighted by atomic mass is 9.39. The highest BCUT2D eigenvalue weighted by Crippen LogP contribution is 2.72. The number of benzene rings is 3. The second-order valence-electron chi connectivity index (χ2n) is 27.9. The third-order valence-corrected chi connectivity index (χ3v) is 20.6. The number of carboxylic acid groups (broad SMARTS) is 1. The third kappa shape index (κ3) is 15.3. The number of carboxylic acids is 1. The maximum Gasteiger partial charge on any atom is 0.409 e. The van der Waals surface area contributed by atoms with Crippen LogP contribution in [0, 0.1) is 35.0 Å². The number of rotatable bonds is 28. The predicted octanol–water partition coefficient (Wildman–Crippen LogP) is 9.37. The minimum absolute atomic E-state index is 0.0118. The van der Waals surface area contributed by atoms with Gasteiger partial charge in [0.2, 0.25) is 5.91 Å². The van der Waals surface area contributed by atoms with Crippen LogP contribution in [0.25, 0.3) is 21.3 Å². The number of para-hydroxylation sites is 1. The molecule has 4 bridgehead atoms. The van der Waals surface area contributed by atoms with Gasteiger partial charge in [0, 0.05) is 106 Å². The summed E-state index contributed by atoms with van der Waals surface area (Å²) in [7, 11) is 1.68. The van der Waals surface area contributed by atoms with Crippen molar-refractivity contribution in [1.82, 2.24) is 40.2 Å². The summed E-state index contributed by atoms with van der Waals surface area (Å²) in [6, 6.07) is 22.5. The van der Waals surface area contributed by atoms with E-state index in [4.69, 9.17) is 25.3 Å². The van der Waals surface area contributed by atoms with Crippen molar-refractivity contribution >= 4 is 85.8 Å². The number of nitrogens with two attached hydrogens (primary N) is 1. The number of hydrogen-bond acceptors (Lipinski definition) is 16. The zero-order valence-electron chi connectivity index (χ0n) is 54.7. The number of thiazole rings is 1. The van der Waals surface area contributed by atoms with E-state index in [0.717, 1.165) is 82.6 Å². The van der Waals surface area contributed by atoms with Gasteiger partial charge in [-0.2, -0.15) is 5.10 Å². The molecule has 2 aliphatic heterocycles. The number of nitrogens with zero attached hydrogens (tertiary/aromatic N) is 7. The van der Waals surface area contributed by atoms with Crippen LogP contribution in [0.3, 0.4) is 0 Å². The lowest BCUT2D eigenvalue weighted by Crippen LogP contribution is -2.64. The van der Waals surface area contributed by atoms with Crippen molar-refractivity contribution in [3.63, 3.8) is 0 Å². The van der Waals surface area contributed by atoms with Crippen molar-refractivity contribution in [1.29, 1.82) is 0 Å². The Morgan fingerprint density at radius 3 is 2.28 bits per heavy atom. The number of amides is 7. The van der Waals surface area contributed by atoms with Crippen LogP contribution >= 0.6 is 11.3 Å². The first kappa shape index (κ1) is 67.3. The number of pyridine rings is 1. The van der Waals surface area contributed by atoms with Gasteiger partial charge in [-0.1, -0.05) is 87.6 Å². The van der Waals surface area contributed by atoms with Crippen LogP contribution in [0.1, 0.15) is 141 Å². The number of imide groups is 1. The average Bonchev–Trinajstić information content (AvgIpc) is 1.00. The normalized spacial score (nSPS) is 21.6. The molecule has 0 radical (unpaired) electrons. The number of anilines is 2. The maximum atomic E-state index is 13.9. The van der Waals surface area contributed by atoms with E-state index >= 15 is 0 Å². The molecule has 4 fully saturated rings. The van der Waals surface area contributed by atoms with Crippen LogP contribution < -0.4 is 26.6 Å². The summed E-state index contributed by atoms with van der Waals surface area (Å²) in [5.41, 5.74) is 11.2. The minimum Gasteiger partial charge on any atom is -0.476 e. The molecule has 6 N–H and O–H groups in total. The highest BCUT2D eigenvalue weighted by molar-refractivity contribution is 7.22. The van der Waals surface area contributed by atoms with Crippen molar-refractivity contribution in [3.8, 4) is 11.1 Å². The summed E-state index contributed by atoms with van der Waals surface area (Å²) in [4.78, 5) is 130. The molecule has 3 aromatic heterocycles. The molecule has 6 aliphatic rings. The lowest BCUT2D eigenvalue weighted by molar-refractivity contribution is -0.248. The fourth-order valence-electron chi connectivity index (χ4n) is 16.2. The Hall–Kier alpha value is -9.16. The molecule has 3 aromatic carbocycles. The molecular weight excluding hydrogens is 1230 g/mol. The third-order valence-electron chi connectivity index (χ3n) is 19.7. The number of aromatic carboxylic acids is 1. The fraction of sp³-hybridized carbons (Fsp3) is 0.465. The second kappa shape index (κ2) is 27.7. The second-order valence-corrected chi connectivity index (χ2v) is 28.9. The molecule has 12 rings (SSSR count). The van der Waals surface area contributed by atoms with Crippen molar-refractivity contribution in [3.05, 3.63) is 136 Å². The molecule has 6 aromatic rings. The molecule has 0 spiro atoms. The lowest BCUT2D eigenvalue weighted by Gasteiger charge is -2.69. The number of Topliss-reactive ketones (excluding diaryl/α,β-unsaturated/α-hetero) is 2. The van der Waals surface area contributed by atoms with Crippen LogP contribution in [0.4, 0.5) is 20.5 Å². The Bertz CT molecular complexity index is 3960. The summed E-state index contributed by atoms with van der Waals surface area (Å²) in [6.07, 6.45) is 10.1. The number of aromatic nitrogens is 4. The Kier molecular flexibility index (Phi) is 19.6. The summed E-state index contributed by atoms with van der Waals surface area (Å²) >= 11 is 1.42. The van der Waals surface area contributed by atoms with Gasteiger partial charge >= 0.3 is 18.1 Å². The van der Waals surface area contributed by atoms with Crippen molar-refractivity contribution < 1.29 is 57.7 Å². The number of ketones is 2. The number of nitrogens with one attached hydrogen (secondary N) is 3. The molecule has 500 valence electrons. The Labute approximate surface area is 555 Å². The van der Waals surface area contributed by atoms with Gasteiger partial charge in [-0.25, -0.2) is 24.4 Å². The van der Waals surface area contributed by atoms with Crippen LogP contribution in [0.2, 0.25) is 0 Å². The van der Waals surface area contributed by atoms with Crippen molar-refractivity contribution in [2.24, 2.45) is 33.8 Å². The van der Waals surface area contributed by atoms with Crippen LogP contribution in [-0.2, 0) is 66.0 Å². The number of likely N-dealkylation sites (N-methyl/N-ethyl adjacent to an activating group) is 1. The van der Waals surface area contributed by atoms with E-state index in [9.17, 15) is 48.3 Å². The van der Waals surface area contributed by atoms with E-state index in [1.165, 1.54) is 16.2 Å². The average molecular weight is 1310 g/mol. The SMILES string of the molecule is Cc1c(-c2ccc(N3CCc4cccc(C(=O)Nc5nc6ccccc6s5)c4C3)nc2C(=O)O)cnn1CC12CC3(C)CC(C)(C1)CC(OCCN(C)C(=O)OCc1ccc(CC(=O)[C@H](CCCNC(N)=O)NC(=O)[C@@H](CC(=O)CCN4C(=O)C=CC4=O)C(C)C)cc1)(C3)C2. The quantitative estimate of drug-likeness (QED) is 0.0226. The van der Waals surface area contributed by atoms with E-state index in [1.807, 2.05) is 71.1 Å². The number of carbonyl (C=O) groups is 9. The maximum absolute atomic E-state index is 13.9. The number of hydrogen-bond donors (Lipinski definition) is 5. The molecule has 5 heterocycles. The highest BCUT2D eigenvalue weighted by Gasteiger charge is 2.66. The van der Waals surface area contributed by atoms with Gasteiger partial charge in [0.1, 0.15) is 18.2 Å². The van der Waals surface area contributed by atoms with Crippen molar-refractivity contribution in [2.45, 2.75) is 143 Å². The fourth-order valence-corrected chi connectivity index (χ4v) is 17.1. The van der Waals surface area contributed by atoms with Gasteiger partial charge < -0.3 is 40.7 Å². The molecule has 7 amide bonds. The minimum atomic E-state index is -1.15. The molecule has 0 saturated heterocycles. The highest BCUT2D eigenvalue weighted by atomic mass is 32.1. The number of fused-ring (bicyclic) bond motifs is 2. The first-order valence-electron chi connectivity index (χ1n) is 32.6. The Morgan fingerprint density at radius 1 is 0.853 bits per heavy atom. The van der Waals surface area contributed by atoms with E-state index in [-0.39, 0.29) is 90.7 Å². The number of primary amides is 1. The van der Waals surface area contributed by atoms with Gasteiger partial charge in [0.05, 0.1) is 34.7 Å². The van der Waals surface area contributed by atoms with Gasteiger partial charge in [0.25, 0.3) is 17.7 Å². The molecule has 4 saturated carbocycles. The largest absolute Gasteiger partial charge is 0.476 e. The molecule has 95 heavy (non-hydrogen) atoms. The zero-order chi connectivity index (χ0) is 67.6. The van der Waals surface area contributed by atoms with Gasteiger partial charge in [-0.3, -0.25) is 43.7 Å². The smallest absolute Gasteiger partial charge is 0.409 e. The van der Waals surface area contributed by atoms with Crippen LogP contribution in [-0.4, -0.2) is 139 Å². The first-order chi connectivity index (χ1) is 45.3. The Morgan fingerprint density at radius 2 is 1.58 bits per heavy atom. The van der Waals surface area contributed by atoms with Crippen LogP contribution in [0.5, 0.6) is 0 Å². The van der Waals surface area contributed by atoms with E-state index < -0.39 is 53.4 Å². The molecule has 2 unspecified atom stereocenters. The molecule has 4 aliphatic carbocycles. The van der Waals surface area contributed by atoms with Gasteiger partial charge in [-0.15, -0.1) is 0 Å². The number of urea groups is 1. The molecule has 4 atom stereocenters. The van der Waals surface area contributed by atoms with E-state index in [0.29, 0.717) is 84.4 Å².